The molecule has 0 saturated heterocycles. The van der Waals surface area contributed by atoms with E-state index in [4.69, 9.17) is 16.0 Å². The highest BCUT2D eigenvalue weighted by atomic mass is 35.5. The lowest BCUT2D eigenvalue weighted by atomic mass is 10.1. The Labute approximate surface area is 174 Å². The number of amides is 1. The number of nitrogens with one attached hydrogen (secondary N) is 1. The van der Waals surface area contributed by atoms with Crippen molar-refractivity contribution in [3.05, 3.63) is 86.8 Å². The Bertz CT molecular complexity index is 1200. The maximum Gasteiger partial charge on any atom is 0.339 e. The van der Waals surface area contributed by atoms with Gasteiger partial charge in [-0.25, -0.2) is 4.79 Å². The number of hydrogen-bond donors (Lipinski definition) is 2. The number of carbonyl (C=O) groups is 2. The molecule has 0 radical (unpaired) electrons. The van der Waals surface area contributed by atoms with Crippen LogP contribution in [-0.4, -0.2) is 17.0 Å². The van der Waals surface area contributed by atoms with Crippen molar-refractivity contribution in [3.8, 4) is 0 Å². The van der Waals surface area contributed by atoms with E-state index in [1.165, 1.54) is 11.3 Å². The molecule has 5 nitrogen and oxygen atoms in total. The van der Waals surface area contributed by atoms with Crippen LogP contribution < -0.4 is 5.32 Å². The van der Waals surface area contributed by atoms with Gasteiger partial charge in [-0.1, -0.05) is 48.0 Å². The summed E-state index contributed by atoms with van der Waals surface area (Å²) >= 11 is 7.11. The molecule has 0 atom stereocenters. The second-order valence-electron chi connectivity index (χ2n) is 6.18. The molecule has 0 unspecified atom stereocenters. The Morgan fingerprint density at radius 1 is 1.07 bits per heavy atom. The fourth-order valence-electron chi connectivity index (χ4n) is 2.83. The highest BCUT2D eigenvalue weighted by molar-refractivity contribution is 7.12. The zero-order chi connectivity index (χ0) is 20.4. The third-order valence-corrected chi connectivity index (χ3v) is 5.43. The molecule has 4 aromatic rings. The minimum atomic E-state index is -1.12. The SMILES string of the molecule is O=C(Nc1csc(C=Cc2ccc(Cl)cc2)c1C(=O)O)c1cc2ccccc2o1. The molecular formula is C22H14ClNO4S. The van der Waals surface area contributed by atoms with Gasteiger partial charge >= 0.3 is 5.97 Å². The second-order valence-corrected chi connectivity index (χ2v) is 7.53. The molecule has 2 heterocycles. The lowest BCUT2D eigenvalue weighted by Crippen LogP contribution is -2.13. The molecule has 29 heavy (non-hydrogen) atoms. The van der Waals surface area contributed by atoms with Crippen LogP contribution in [-0.2, 0) is 0 Å². The number of furan rings is 1. The van der Waals surface area contributed by atoms with Crippen LogP contribution in [0.25, 0.3) is 23.1 Å². The molecule has 2 aromatic carbocycles. The maximum atomic E-state index is 12.6. The summed E-state index contributed by atoms with van der Waals surface area (Å²) in [6, 6.07) is 16.1. The monoisotopic (exact) mass is 423 g/mol. The first kappa shape index (κ1) is 19.0. The van der Waals surface area contributed by atoms with Gasteiger partial charge in [-0.3, -0.25) is 4.79 Å². The summed E-state index contributed by atoms with van der Waals surface area (Å²) in [4.78, 5) is 24.9. The molecule has 0 aliphatic carbocycles. The normalized spacial score (nSPS) is 11.2. The molecule has 144 valence electrons. The number of hydrogen-bond acceptors (Lipinski definition) is 4. The fraction of sp³-hybridized carbons (Fsp3) is 0. The average molecular weight is 424 g/mol. The van der Waals surface area contributed by atoms with Gasteiger partial charge in [0.2, 0.25) is 0 Å². The summed E-state index contributed by atoms with van der Waals surface area (Å²) in [5.74, 6) is -1.51. The molecule has 0 aliphatic heterocycles. The summed E-state index contributed by atoms with van der Waals surface area (Å²) in [5.41, 5.74) is 1.73. The van der Waals surface area contributed by atoms with E-state index in [1.54, 1.807) is 41.8 Å². The third-order valence-electron chi connectivity index (χ3n) is 4.23. The van der Waals surface area contributed by atoms with Crippen molar-refractivity contribution in [2.75, 3.05) is 5.32 Å². The van der Waals surface area contributed by atoms with Crippen molar-refractivity contribution < 1.29 is 19.1 Å². The quantitative estimate of drug-likeness (QED) is 0.396. The number of halogens is 1. The molecule has 2 N–H and O–H groups in total. The van der Waals surface area contributed by atoms with E-state index in [2.05, 4.69) is 5.32 Å². The van der Waals surface area contributed by atoms with Crippen molar-refractivity contribution in [2.45, 2.75) is 0 Å². The van der Waals surface area contributed by atoms with Gasteiger partial charge in [0.25, 0.3) is 5.91 Å². The van der Waals surface area contributed by atoms with Crippen LogP contribution in [0, 0.1) is 0 Å². The Hall–Kier alpha value is -3.35. The van der Waals surface area contributed by atoms with E-state index in [-0.39, 0.29) is 17.0 Å². The van der Waals surface area contributed by atoms with Crippen LogP contribution >= 0.6 is 22.9 Å². The molecule has 0 fully saturated rings. The van der Waals surface area contributed by atoms with Gasteiger partial charge in [-0.2, -0.15) is 0 Å². The number of rotatable bonds is 5. The van der Waals surface area contributed by atoms with E-state index in [0.29, 0.717) is 15.5 Å². The predicted octanol–water partition coefficient (Wildman–Crippen LogP) is 6.27. The number of para-hydroxylation sites is 1. The predicted molar refractivity (Wildman–Crippen MR) is 116 cm³/mol. The number of anilines is 1. The molecule has 1 amide bonds. The first-order valence-electron chi connectivity index (χ1n) is 8.59. The van der Waals surface area contributed by atoms with Crippen molar-refractivity contribution in [3.63, 3.8) is 0 Å². The summed E-state index contributed by atoms with van der Waals surface area (Å²) in [6.07, 6.45) is 3.49. The summed E-state index contributed by atoms with van der Waals surface area (Å²) in [7, 11) is 0. The topological polar surface area (TPSA) is 79.5 Å². The van der Waals surface area contributed by atoms with Crippen molar-refractivity contribution in [1.82, 2.24) is 0 Å². The Kier molecular flexibility index (Phi) is 5.20. The molecule has 7 heteroatoms. The van der Waals surface area contributed by atoms with Crippen LogP contribution in [0.2, 0.25) is 5.02 Å². The van der Waals surface area contributed by atoms with Gasteiger partial charge in [-0.15, -0.1) is 11.3 Å². The van der Waals surface area contributed by atoms with Crippen LogP contribution in [0.3, 0.4) is 0 Å². The number of carboxylic acid groups (broad SMARTS) is 1. The average Bonchev–Trinajstić information content (AvgIpc) is 3.31. The number of carboxylic acids is 1. The van der Waals surface area contributed by atoms with Gasteiger partial charge < -0.3 is 14.8 Å². The van der Waals surface area contributed by atoms with Gasteiger partial charge in [0.15, 0.2) is 5.76 Å². The first-order valence-corrected chi connectivity index (χ1v) is 9.85. The molecule has 0 spiro atoms. The molecule has 2 aromatic heterocycles. The van der Waals surface area contributed by atoms with E-state index in [1.807, 2.05) is 30.3 Å². The standard InChI is InChI=1S/C22H14ClNO4S/c23-15-8-5-13(6-9-15)7-10-19-20(22(26)27)16(12-29-19)24-21(25)18-11-14-3-1-2-4-17(14)28-18/h1-12H,(H,24,25)(H,26,27). The zero-order valence-electron chi connectivity index (χ0n) is 14.9. The van der Waals surface area contributed by atoms with E-state index in [0.717, 1.165) is 10.9 Å². The zero-order valence-corrected chi connectivity index (χ0v) is 16.5. The third kappa shape index (κ3) is 4.08. The van der Waals surface area contributed by atoms with Crippen molar-refractivity contribution >= 4 is 63.6 Å². The second kappa shape index (κ2) is 7.95. The smallest absolute Gasteiger partial charge is 0.339 e. The van der Waals surface area contributed by atoms with Crippen molar-refractivity contribution in [2.24, 2.45) is 0 Å². The number of thiophene rings is 1. The van der Waals surface area contributed by atoms with E-state index < -0.39 is 11.9 Å². The van der Waals surface area contributed by atoms with Crippen molar-refractivity contribution in [1.29, 1.82) is 0 Å². The summed E-state index contributed by atoms with van der Waals surface area (Å²) < 4.78 is 5.54. The number of carbonyl (C=O) groups excluding carboxylic acids is 1. The van der Waals surface area contributed by atoms with Gasteiger partial charge in [0, 0.05) is 20.7 Å². The molecular weight excluding hydrogens is 410 g/mol. The van der Waals surface area contributed by atoms with Crippen LogP contribution in [0.4, 0.5) is 5.69 Å². The van der Waals surface area contributed by atoms with E-state index in [9.17, 15) is 14.7 Å². The van der Waals surface area contributed by atoms with Gasteiger partial charge in [-0.05, 0) is 35.9 Å². The van der Waals surface area contributed by atoms with Crippen LogP contribution in [0.5, 0.6) is 0 Å². The summed E-state index contributed by atoms with van der Waals surface area (Å²) in [5, 5.41) is 15.3. The minimum absolute atomic E-state index is 0.0321. The van der Waals surface area contributed by atoms with Crippen LogP contribution in [0.1, 0.15) is 31.4 Å². The highest BCUT2D eigenvalue weighted by Crippen LogP contribution is 2.30. The fourth-order valence-corrected chi connectivity index (χ4v) is 3.84. The number of aromatic carboxylic acids is 1. The molecule has 0 saturated carbocycles. The molecule has 0 aliphatic rings. The van der Waals surface area contributed by atoms with Crippen LogP contribution in [0.15, 0.2) is 64.4 Å². The highest BCUT2D eigenvalue weighted by Gasteiger charge is 2.20. The first-order chi connectivity index (χ1) is 14.0. The Morgan fingerprint density at radius 3 is 2.55 bits per heavy atom. The summed E-state index contributed by atoms with van der Waals surface area (Å²) in [6.45, 7) is 0. The largest absolute Gasteiger partial charge is 0.478 e. The Morgan fingerprint density at radius 2 is 1.83 bits per heavy atom. The lowest BCUT2D eigenvalue weighted by molar-refractivity contribution is 0.0698. The lowest BCUT2D eigenvalue weighted by Gasteiger charge is -2.03. The van der Waals surface area contributed by atoms with Gasteiger partial charge in [0.1, 0.15) is 11.1 Å². The molecule has 0 bridgehead atoms. The van der Waals surface area contributed by atoms with E-state index >= 15 is 0 Å². The maximum absolute atomic E-state index is 12.6. The Balaban J connectivity index is 1.59. The van der Waals surface area contributed by atoms with Gasteiger partial charge in [0.05, 0.1) is 5.69 Å². The number of benzene rings is 2. The number of fused-ring (bicyclic) bond motifs is 1. The molecule has 4 rings (SSSR count). The minimum Gasteiger partial charge on any atom is -0.478 e.